The average molecular weight is 1190 g/mol. The van der Waals surface area contributed by atoms with Gasteiger partial charge in [-0.15, -0.1) is 0 Å². The zero-order valence-corrected chi connectivity index (χ0v) is 57.8. The van der Waals surface area contributed by atoms with Crippen LogP contribution in [0.15, 0.2) is 12.2 Å². The highest BCUT2D eigenvalue weighted by atomic mass is 31.2. The van der Waals surface area contributed by atoms with Gasteiger partial charge < -0.3 is 28.8 Å². The molecule has 0 spiro atoms. The number of nitrogens with zero attached hydrogens (tertiary/aromatic N) is 1. The highest BCUT2D eigenvalue weighted by Gasteiger charge is 2.24. The van der Waals surface area contributed by atoms with Crippen molar-refractivity contribution in [2.24, 2.45) is 0 Å². The van der Waals surface area contributed by atoms with Crippen molar-refractivity contribution in [1.29, 1.82) is 0 Å². The largest absolute Gasteiger partial charge is 0.756 e. The van der Waals surface area contributed by atoms with Gasteiger partial charge in [0.25, 0.3) is 7.82 Å². The van der Waals surface area contributed by atoms with Crippen molar-refractivity contribution < 1.29 is 32.9 Å². The molecule has 83 heavy (non-hydrogen) atoms. The van der Waals surface area contributed by atoms with Gasteiger partial charge in [-0.3, -0.25) is 9.36 Å². The van der Waals surface area contributed by atoms with Crippen molar-refractivity contribution in [1.82, 2.24) is 5.32 Å². The van der Waals surface area contributed by atoms with Crippen molar-refractivity contribution >= 4 is 13.7 Å². The number of nitrogens with one attached hydrogen (secondary N) is 1. The lowest BCUT2D eigenvalue weighted by atomic mass is 10.0. The van der Waals surface area contributed by atoms with Gasteiger partial charge >= 0.3 is 0 Å². The van der Waals surface area contributed by atoms with Crippen LogP contribution >= 0.6 is 7.82 Å². The van der Waals surface area contributed by atoms with Gasteiger partial charge in [0.15, 0.2) is 0 Å². The predicted molar refractivity (Wildman–Crippen MR) is 362 cm³/mol. The molecule has 0 bridgehead atoms. The molecule has 2 N–H and O–H groups in total. The van der Waals surface area contributed by atoms with Crippen LogP contribution in [0.2, 0.25) is 0 Å². The summed E-state index contributed by atoms with van der Waals surface area (Å²) < 4.78 is 23.5. The Morgan fingerprint density at radius 2 is 0.663 bits per heavy atom. The molecule has 0 aromatic heterocycles. The summed E-state index contributed by atoms with van der Waals surface area (Å²) in [5.74, 6) is -0.154. The van der Waals surface area contributed by atoms with Crippen molar-refractivity contribution in [3.8, 4) is 0 Å². The Morgan fingerprint density at radius 1 is 0.410 bits per heavy atom. The van der Waals surface area contributed by atoms with Crippen LogP contribution in [0, 0.1) is 0 Å². The number of amides is 1. The van der Waals surface area contributed by atoms with Crippen LogP contribution in [0.3, 0.4) is 0 Å². The summed E-state index contributed by atoms with van der Waals surface area (Å²) in [6.45, 7) is 4.79. The third-order valence-electron chi connectivity index (χ3n) is 17.8. The van der Waals surface area contributed by atoms with Crippen LogP contribution < -0.4 is 10.2 Å². The molecule has 0 radical (unpaired) electrons. The molecule has 0 fully saturated rings. The average Bonchev–Trinajstić information content (AvgIpc) is 3.49. The topological polar surface area (TPSA) is 108 Å². The van der Waals surface area contributed by atoms with E-state index in [4.69, 9.17) is 9.05 Å². The number of hydrogen-bond acceptors (Lipinski definition) is 6. The molecule has 0 saturated carbocycles. The molecule has 0 heterocycles. The van der Waals surface area contributed by atoms with Gasteiger partial charge in [0.05, 0.1) is 39.9 Å². The summed E-state index contributed by atoms with van der Waals surface area (Å²) >= 11 is 0. The van der Waals surface area contributed by atoms with Crippen LogP contribution in [-0.2, 0) is 18.4 Å². The number of aliphatic hydroxyl groups excluding tert-OH is 1. The van der Waals surface area contributed by atoms with E-state index in [1.165, 1.54) is 340 Å². The minimum Gasteiger partial charge on any atom is -0.756 e. The Kier molecular flexibility index (Phi) is 65.1. The highest BCUT2D eigenvalue weighted by Crippen LogP contribution is 2.38. The molecule has 1 amide bonds. The Balaban J connectivity index is 3.84. The maximum atomic E-state index is 13.1. The first kappa shape index (κ1) is 82.2. The van der Waals surface area contributed by atoms with Crippen LogP contribution in [0.4, 0.5) is 0 Å². The van der Waals surface area contributed by atoms with Gasteiger partial charge in [-0.1, -0.05) is 373 Å². The van der Waals surface area contributed by atoms with E-state index in [0.717, 1.165) is 38.5 Å². The number of rotatable bonds is 71. The lowest BCUT2D eigenvalue weighted by molar-refractivity contribution is -0.870. The van der Waals surface area contributed by atoms with Crippen molar-refractivity contribution in [2.45, 2.75) is 418 Å². The number of phosphoric acid groups is 1. The fourth-order valence-corrected chi connectivity index (χ4v) is 12.6. The Hall–Kier alpha value is -0.760. The third kappa shape index (κ3) is 68.6. The zero-order chi connectivity index (χ0) is 60.5. The van der Waals surface area contributed by atoms with Gasteiger partial charge in [0.1, 0.15) is 13.2 Å². The van der Waals surface area contributed by atoms with Gasteiger partial charge in [-0.2, -0.15) is 0 Å². The molecule has 3 unspecified atom stereocenters. The molecular weight excluding hydrogens is 1040 g/mol. The minimum absolute atomic E-state index is 0.0163. The molecule has 0 aromatic carbocycles. The number of quaternary nitrogens is 1. The number of carbonyl (C=O) groups is 1. The first-order chi connectivity index (χ1) is 40.5. The van der Waals surface area contributed by atoms with E-state index >= 15 is 0 Å². The van der Waals surface area contributed by atoms with Crippen molar-refractivity contribution in [3.05, 3.63) is 12.2 Å². The molecule has 0 aliphatic rings. The standard InChI is InChI=1S/C74H149N2O6P/c1-6-8-10-12-14-16-18-20-22-24-26-28-29-30-31-32-33-34-35-36-37-38-39-40-41-42-43-44-45-46-47-48-50-52-54-56-58-60-62-64-66-68-74(78)75-72(71-82-83(79,80)81-70-69-76(3,4)5)73(77)67-65-63-61-59-57-55-53-51-49-27-25-23-21-19-17-15-13-11-9-7-2/h24,26,72-73,77H,6-23,25,27-71H2,1-5H3,(H-,75,78,79,80)/b26-24-. The molecule has 496 valence electrons. The van der Waals surface area contributed by atoms with Gasteiger partial charge in [-0.05, 0) is 38.5 Å². The summed E-state index contributed by atoms with van der Waals surface area (Å²) in [6, 6.07) is -0.797. The monoisotopic (exact) mass is 1190 g/mol. The second-order valence-electron chi connectivity index (χ2n) is 27.4. The molecule has 3 atom stereocenters. The van der Waals surface area contributed by atoms with E-state index in [2.05, 4.69) is 31.3 Å². The first-order valence-electron chi connectivity index (χ1n) is 37.5. The maximum absolute atomic E-state index is 13.1. The van der Waals surface area contributed by atoms with Crippen LogP contribution in [-0.4, -0.2) is 68.5 Å². The number of allylic oxidation sites excluding steroid dienone is 2. The summed E-state index contributed by atoms with van der Waals surface area (Å²) in [4.78, 5) is 25.7. The number of carbonyl (C=O) groups excluding carboxylic acids is 1. The van der Waals surface area contributed by atoms with Crippen LogP contribution in [0.1, 0.15) is 406 Å². The SMILES string of the molecule is CCCCCCCCCC/C=C\CCCCCCCCCCCCCCCCCCCCCCCCCCCCCCCC(=O)NC(COP(=O)([O-])OCC[N+](C)(C)C)C(O)CCCCCCCCCCCCCCCCCCCCCC. The third-order valence-corrected chi connectivity index (χ3v) is 18.7. The fraction of sp³-hybridized carbons (Fsp3) is 0.959. The number of unbranched alkanes of at least 4 members (excludes halogenated alkanes) is 56. The summed E-state index contributed by atoms with van der Waals surface area (Å²) in [6.07, 6.45) is 84.7. The first-order valence-corrected chi connectivity index (χ1v) is 39.0. The lowest BCUT2D eigenvalue weighted by Crippen LogP contribution is -2.46. The summed E-state index contributed by atoms with van der Waals surface area (Å²) in [5, 5.41) is 14.1. The molecule has 0 aromatic rings. The zero-order valence-electron chi connectivity index (χ0n) is 56.9. The quantitative estimate of drug-likeness (QED) is 0.0272. The molecule has 9 heteroatoms. The molecule has 0 rings (SSSR count). The fourth-order valence-electron chi connectivity index (χ4n) is 11.9. The van der Waals surface area contributed by atoms with E-state index in [-0.39, 0.29) is 19.1 Å². The van der Waals surface area contributed by atoms with E-state index in [0.29, 0.717) is 23.9 Å². The molecule has 8 nitrogen and oxygen atoms in total. The molecule has 0 saturated heterocycles. The number of aliphatic hydroxyl groups is 1. The van der Waals surface area contributed by atoms with E-state index in [1.807, 2.05) is 21.1 Å². The summed E-state index contributed by atoms with van der Waals surface area (Å²) in [7, 11) is 1.33. The Labute approximate surface area is 520 Å². The number of likely N-dealkylation sites (N-methyl/N-ethyl adjacent to an activating group) is 1. The predicted octanol–water partition coefficient (Wildman–Crippen LogP) is 23.4. The molecule has 0 aliphatic heterocycles. The van der Waals surface area contributed by atoms with Crippen molar-refractivity contribution in [2.75, 3.05) is 40.9 Å². The van der Waals surface area contributed by atoms with Gasteiger partial charge in [0.2, 0.25) is 5.91 Å². The second kappa shape index (κ2) is 65.7. The Morgan fingerprint density at radius 3 is 0.940 bits per heavy atom. The van der Waals surface area contributed by atoms with Gasteiger partial charge in [0, 0.05) is 6.42 Å². The Bertz CT molecular complexity index is 1360. The molecular formula is C74H149N2O6P. The normalized spacial score (nSPS) is 13.6. The second-order valence-corrected chi connectivity index (χ2v) is 28.8. The lowest BCUT2D eigenvalue weighted by Gasteiger charge is -2.30. The minimum atomic E-state index is -4.58. The van der Waals surface area contributed by atoms with E-state index < -0.39 is 20.0 Å². The van der Waals surface area contributed by atoms with Crippen molar-refractivity contribution in [3.63, 3.8) is 0 Å². The van der Waals surface area contributed by atoms with Crippen LogP contribution in [0.25, 0.3) is 0 Å². The van der Waals surface area contributed by atoms with Gasteiger partial charge in [-0.25, -0.2) is 0 Å². The summed E-state index contributed by atoms with van der Waals surface area (Å²) in [5.41, 5.74) is 0. The molecule has 0 aliphatic carbocycles. The highest BCUT2D eigenvalue weighted by molar-refractivity contribution is 7.45. The van der Waals surface area contributed by atoms with E-state index in [9.17, 15) is 19.4 Å². The van der Waals surface area contributed by atoms with E-state index in [1.54, 1.807) is 0 Å². The smallest absolute Gasteiger partial charge is 0.268 e. The maximum Gasteiger partial charge on any atom is 0.268 e. The number of phosphoric ester groups is 1. The van der Waals surface area contributed by atoms with Crippen LogP contribution in [0.5, 0.6) is 0 Å². The number of hydrogen-bond donors (Lipinski definition) is 2.